The van der Waals surface area contributed by atoms with Gasteiger partial charge in [-0.1, -0.05) is 41.7 Å². The summed E-state index contributed by atoms with van der Waals surface area (Å²) in [5, 5.41) is 10.7. The molecule has 4 rings (SSSR count). The Labute approximate surface area is 149 Å². The Morgan fingerprint density at radius 1 is 1.20 bits per heavy atom. The quantitative estimate of drug-likeness (QED) is 0.779. The standard InChI is InChI=1S/C18H17N5OS/c24-17(21-18-22-20-12-25-18)14-8-9-16(19-11-14)23-10-4-7-15(23)13-5-2-1-3-6-13/h1-3,5-6,8-9,11-12,15H,4,7,10H2,(H,21,22,24). The summed E-state index contributed by atoms with van der Waals surface area (Å²) in [7, 11) is 0. The van der Waals surface area contributed by atoms with E-state index >= 15 is 0 Å². The highest BCUT2D eigenvalue weighted by Gasteiger charge is 2.27. The van der Waals surface area contributed by atoms with Crippen molar-refractivity contribution >= 4 is 28.2 Å². The molecule has 1 aliphatic heterocycles. The number of rotatable bonds is 4. The fraction of sp³-hybridized carbons (Fsp3) is 0.222. The summed E-state index contributed by atoms with van der Waals surface area (Å²) in [5.41, 5.74) is 3.39. The Morgan fingerprint density at radius 2 is 2.08 bits per heavy atom. The summed E-state index contributed by atoms with van der Waals surface area (Å²) in [6.45, 7) is 0.975. The van der Waals surface area contributed by atoms with Crippen LogP contribution in [0.25, 0.3) is 0 Å². The van der Waals surface area contributed by atoms with Gasteiger partial charge in [0, 0.05) is 12.7 Å². The highest BCUT2D eigenvalue weighted by atomic mass is 32.1. The predicted molar refractivity (Wildman–Crippen MR) is 97.9 cm³/mol. The van der Waals surface area contributed by atoms with E-state index in [-0.39, 0.29) is 5.91 Å². The number of carbonyl (C=O) groups excluding carboxylic acids is 1. The number of aromatic nitrogens is 3. The van der Waals surface area contributed by atoms with Crippen molar-refractivity contribution in [3.8, 4) is 0 Å². The zero-order valence-electron chi connectivity index (χ0n) is 13.5. The van der Waals surface area contributed by atoms with Gasteiger partial charge < -0.3 is 4.90 Å². The second kappa shape index (κ2) is 6.98. The molecule has 1 fully saturated rings. The Hall–Kier alpha value is -2.80. The molecular weight excluding hydrogens is 334 g/mol. The maximum Gasteiger partial charge on any atom is 0.259 e. The average molecular weight is 351 g/mol. The third kappa shape index (κ3) is 3.36. The Kier molecular flexibility index (Phi) is 4.39. The first-order chi connectivity index (χ1) is 12.3. The molecule has 1 saturated heterocycles. The van der Waals surface area contributed by atoms with Crippen LogP contribution in [-0.4, -0.2) is 27.6 Å². The molecule has 3 aromatic rings. The summed E-state index contributed by atoms with van der Waals surface area (Å²) in [4.78, 5) is 19.0. The molecule has 0 radical (unpaired) electrons. The van der Waals surface area contributed by atoms with E-state index in [9.17, 15) is 4.79 Å². The van der Waals surface area contributed by atoms with Gasteiger partial charge in [-0.2, -0.15) is 0 Å². The third-order valence-corrected chi connectivity index (χ3v) is 4.93. The number of nitrogens with zero attached hydrogens (tertiary/aromatic N) is 4. The summed E-state index contributed by atoms with van der Waals surface area (Å²) in [6.07, 6.45) is 3.87. The van der Waals surface area contributed by atoms with Crippen molar-refractivity contribution in [3.05, 3.63) is 65.3 Å². The monoisotopic (exact) mass is 351 g/mol. The highest BCUT2D eigenvalue weighted by Crippen LogP contribution is 2.34. The van der Waals surface area contributed by atoms with E-state index in [2.05, 4.69) is 49.7 Å². The minimum absolute atomic E-state index is 0.225. The molecule has 0 saturated carbocycles. The Balaban J connectivity index is 1.50. The zero-order valence-corrected chi connectivity index (χ0v) is 14.3. The maximum absolute atomic E-state index is 12.2. The number of hydrogen-bond donors (Lipinski definition) is 1. The number of benzene rings is 1. The highest BCUT2D eigenvalue weighted by molar-refractivity contribution is 7.13. The van der Waals surface area contributed by atoms with Gasteiger partial charge >= 0.3 is 0 Å². The molecular formula is C18H17N5OS. The lowest BCUT2D eigenvalue weighted by Gasteiger charge is -2.26. The van der Waals surface area contributed by atoms with Gasteiger partial charge in [0.25, 0.3) is 5.91 Å². The van der Waals surface area contributed by atoms with Gasteiger partial charge in [0.1, 0.15) is 11.3 Å². The van der Waals surface area contributed by atoms with Gasteiger partial charge in [-0.25, -0.2) is 4.98 Å². The summed E-state index contributed by atoms with van der Waals surface area (Å²) in [6, 6.07) is 14.6. The SMILES string of the molecule is O=C(Nc1nncs1)c1ccc(N2CCCC2c2ccccc2)nc1. The van der Waals surface area contributed by atoms with Crippen molar-refractivity contribution in [2.24, 2.45) is 0 Å². The maximum atomic E-state index is 12.2. The molecule has 1 amide bonds. The Bertz CT molecular complexity index is 836. The third-order valence-electron chi connectivity index (χ3n) is 4.32. The molecule has 1 N–H and O–H groups in total. The fourth-order valence-corrected chi connectivity index (χ4v) is 3.59. The van der Waals surface area contributed by atoms with Crippen LogP contribution in [0.3, 0.4) is 0 Å². The van der Waals surface area contributed by atoms with Crippen molar-refractivity contribution in [3.63, 3.8) is 0 Å². The molecule has 0 spiro atoms. The molecule has 0 bridgehead atoms. The topological polar surface area (TPSA) is 71.0 Å². The molecule has 1 aliphatic rings. The lowest BCUT2D eigenvalue weighted by atomic mass is 10.0. The van der Waals surface area contributed by atoms with E-state index in [4.69, 9.17) is 0 Å². The fourth-order valence-electron chi connectivity index (χ4n) is 3.15. The van der Waals surface area contributed by atoms with Crippen LogP contribution < -0.4 is 10.2 Å². The van der Waals surface area contributed by atoms with Crippen LogP contribution in [0.5, 0.6) is 0 Å². The molecule has 126 valence electrons. The predicted octanol–water partition coefficient (Wildman–Crippen LogP) is 3.53. The molecule has 1 atom stereocenters. The normalized spacial score (nSPS) is 16.8. The van der Waals surface area contributed by atoms with E-state index in [0.29, 0.717) is 16.7 Å². The smallest absolute Gasteiger partial charge is 0.259 e. The number of hydrogen-bond acceptors (Lipinski definition) is 6. The van der Waals surface area contributed by atoms with Crippen molar-refractivity contribution in [1.82, 2.24) is 15.2 Å². The summed E-state index contributed by atoms with van der Waals surface area (Å²) in [5.74, 6) is 0.677. The number of carbonyl (C=O) groups is 1. The van der Waals surface area contributed by atoms with Gasteiger partial charge in [-0.05, 0) is 30.5 Å². The van der Waals surface area contributed by atoms with Gasteiger partial charge in [-0.3, -0.25) is 10.1 Å². The second-order valence-corrected chi connectivity index (χ2v) is 6.70. The largest absolute Gasteiger partial charge is 0.350 e. The van der Waals surface area contributed by atoms with Gasteiger partial charge in [0.05, 0.1) is 11.6 Å². The van der Waals surface area contributed by atoms with Gasteiger partial charge in [-0.15, -0.1) is 10.2 Å². The minimum Gasteiger partial charge on any atom is -0.350 e. The summed E-state index contributed by atoms with van der Waals surface area (Å²) < 4.78 is 0. The Morgan fingerprint density at radius 3 is 2.80 bits per heavy atom. The number of anilines is 2. The van der Waals surface area contributed by atoms with Crippen LogP contribution in [-0.2, 0) is 0 Å². The van der Waals surface area contributed by atoms with Gasteiger partial charge in [0.2, 0.25) is 5.13 Å². The molecule has 6 nitrogen and oxygen atoms in total. The molecule has 1 aromatic carbocycles. The van der Waals surface area contributed by atoms with Crippen molar-refractivity contribution in [2.45, 2.75) is 18.9 Å². The van der Waals surface area contributed by atoms with Crippen LogP contribution in [0.4, 0.5) is 10.9 Å². The number of amides is 1. The van der Waals surface area contributed by atoms with E-state index < -0.39 is 0 Å². The van der Waals surface area contributed by atoms with Crippen LogP contribution in [0.1, 0.15) is 34.8 Å². The van der Waals surface area contributed by atoms with Crippen LogP contribution in [0.2, 0.25) is 0 Å². The van der Waals surface area contributed by atoms with E-state index in [1.165, 1.54) is 16.9 Å². The molecule has 2 aromatic heterocycles. The molecule has 1 unspecified atom stereocenters. The van der Waals surface area contributed by atoms with Crippen LogP contribution in [0, 0.1) is 0 Å². The first kappa shape index (κ1) is 15.7. The number of nitrogens with one attached hydrogen (secondary N) is 1. The van der Waals surface area contributed by atoms with E-state index in [1.54, 1.807) is 17.8 Å². The molecule has 0 aliphatic carbocycles. The van der Waals surface area contributed by atoms with E-state index in [0.717, 1.165) is 25.2 Å². The van der Waals surface area contributed by atoms with Crippen molar-refractivity contribution < 1.29 is 4.79 Å². The molecule has 25 heavy (non-hydrogen) atoms. The van der Waals surface area contributed by atoms with E-state index in [1.807, 2.05) is 12.1 Å². The summed E-state index contributed by atoms with van der Waals surface area (Å²) >= 11 is 1.28. The molecule has 3 heterocycles. The first-order valence-electron chi connectivity index (χ1n) is 8.16. The lowest BCUT2D eigenvalue weighted by Crippen LogP contribution is -2.23. The van der Waals surface area contributed by atoms with Crippen LogP contribution in [0.15, 0.2) is 54.2 Å². The number of pyridine rings is 1. The minimum atomic E-state index is -0.225. The average Bonchev–Trinajstić information content (AvgIpc) is 3.34. The first-order valence-corrected chi connectivity index (χ1v) is 9.04. The zero-order chi connectivity index (χ0) is 17.1. The molecule has 7 heteroatoms. The van der Waals surface area contributed by atoms with Crippen molar-refractivity contribution in [1.29, 1.82) is 0 Å². The van der Waals surface area contributed by atoms with Gasteiger partial charge in [0.15, 0.2) is 0 Å². The lowest BCUT2D eigenvalue weighted by molar-refractivity contribution is 0.102. The second-order valence-electron chi connectivity index (χ2n) is 5.87. The van der Waals surface area contributed by atoms with Crippen molar-refractivity contribution in [2.75, 3.05) is 16.8 Å². The van der Waals surface area contributed by atoms with Crippen LogP contribution >= 0.6 is 11.3 Å².